The minimum Gasteiger partial charge on any atom is -0.490 e. The molecule has 0 atom stereocenters. The number of carbonyl (C=O) groups excluding carboxylic acids is 2. The lowest BCUT2D eigenvalue weighted by atomic mass is 10.1. The third kappa shape index (κ3) is 5.96. The van der Waals surface area contributed by atoms with Crippen molar-refractivity contribution in [2.45, 2.75) is 45.4 Å². The summed E-state index contributed by atoms with van der Waals surface area (Å²) in [4.78, 5) is 26.9. The Hall–Kier alpha value is -2.06. The molecule has 1 fully saturated rings. The van der Waals surface area contributed by atoms with Crippen LogP contribution in [0, 0.1) is 0 Å². The maximum absolute atomic E-state index is 12.7. The van der Waals surface area contributed by atoms with Crippen LogP contribution in [0.15, 0.2) is 23.1 Å². The Kier molecular flexibility index (Phi) is 7.94. The van der Waals surface area contributed by atoms with E-state index in [0.29, 0.717) is 34.7 Å². The van der Waals surface area contributed by atoms with Gasteiger partial charge in [-0.05, 0) is 30.2 Å². The summed E-state index contributed by atoms with van der Waals surface area (Å²) < 4.78 is 6.16. The van der Waals surface area contributed by atoms with Crippen LogP contribution in [-0.4, -0.2) is 36.0 Å². The van der Waals surface area contributed by atoms with E-state index in [1.165, 1.54) is 37.4 Å². The highest BCUT2D eigenvalue weighted by atomic mass is 32.2. The van der Waals surface area contributed by atoms with Gasteiger partial charge >= 0.3 is 6.03 Å². The largest absolute Gasteiger partial charge is 0.490 e. The summed E-state index contributed by atoms with van der Waals surface area (Å²) in [6.45, 7) is 3.84. The van der Waals surface area contributed by atoms with Crippen molar-refractivity contribution < 1.29 is 14.3 Å². The molecule has 6 nitrogen and oxygen atoms in total. The molecule has 1 saturated heterocycles. The average Bonchev–Trinajstić information content (AvgIpc) is 3.03. The Morgan fingerprint density at radius 3 is 2.86 bits per heavy atom. The van der Waals surface area contributed by atoms with Gasteiger partial charge in [-0.3, -0.25) is 9.69 Å². The summed E-state index contributed by atoms with van der Waals surface area (Å²) in [7, 11) is 0. The molecule has 0 unspecified atom stereocenters. The second-order valence-corrected chi connectivity index (χ2v) is 8.80. The van der Waals surface area contributed by atoms with E-state index in [1.807, 2.05) is 18.2 Å². The van der Waals surface area contributed by atoms with Crippen LogP contribution in [0.3, 0.4) is 0 Å². The molecule has 156 valence electrons. The zero-order valence-corrected chi connectivity index (χ0v) is 18.3. The molecule has 2 aliphatic heterocycles. The first-order valence-electron chi connectivity index (χ1n) is 10.2. The first-order valence-corrected chi connectivity index (χ1v) is 11.4. The normalized spacial score (nSPS) is 17.1. The highest BCUT2D eigenvalue weighted by molar-refractivity contribution is 8.26. The van der Waals surface area contributed by atoms with E-state index >= 15 is 0 Å². The van der Waals surface area contributed by atoms with Crippen LogP contribution in [-0.2, 0) is 4.79 Å². The molecule has 1 aromatic carbocycles. The number of nitrogens with zero attached hydrogens (tertiary/aromatic N) is 1. The standard InChI is InChI=1S/C21H27N3O3S2/c1-2-3-4-5-6-7-10-22-20(26)24-11-12-27-17-9-8-15(13-16(17)24)14-18-19(25)23-21(28)29-18/h8-9,13-14H,2-7,10-12H2,1H3,(H,22,26)(H,23,25,28)/b18-14+. The minimum absolute atomic E-state index is 0.109. The number of nitrogens with one attached hydrogen (secondary N) is 2. The lowest BCUT2D eigenvalue weighted by molar-refractivity contribution is -0.115. The molecule has 0 saturated carbocycles. The van der Waals surface area contributed by atoms with Crippen LogP contribution in [0.4, 0.5) is 10.5 Å². The van der Waals surface area contributed by atoms with Crippen LogP contribution in [0.25, 0.3) is 6.08 Å². The third-order valence-electron chi connectivity index (χ3n) is 4.84. The number of fused-ring (bicyclic) bond motifs is 1. The highest BCUT2D eigenvalue weighted by Crippen LogP contribution is 2.34. The van der Waals surface area contributed by atoms with E-state index in [4.69, 9.17) is 17.0 Å². The molecule has 0 aliphatic carbocycles. The van der Waals surface area contributed by atoms with Crippen molar-refractivity contribution in [1.29, 1.82) is 0 Å². The second-order valence-electron chi connectivity index (χ2n) is 7.08. The monoisotopic (exact) mass is 433 g/mol. The first kappa shape index (κ1) is 21.6. The van der Waals surface area contributed by atoms with Crippen LogP contribution >= 0.6 is 24.0 Å². The number of unbranched alkanes of at least 4 members (excludes halogenated alkanes) is 5. The van der Waals surface area contributed by atoms with Crippen LogP contribution in [0.1, 0.15) is 51.0 Å². The van der Waals surface area contributed by atoms with Crippen molar-refractivity contribution in [2.24, 2.45) is 0 Å². The van der Waals surface area contributed by atoms with Gasteiger partial charge in [0.05, 0.1) is 17.1 Å². The maximum atomic E-state index is 12.7. The fraction of sp³-hybridized carbons (Fsp3) is 0.476. The molecular formula is C21H27N3O3S2. The van der Waals surface area contributed by atoms with Gasteiger partial charge < -0.3 is 15.4 Å². The lowest BCUT2D eigenvalue weighted by Gasteiger charge is -2.30. The molecule has 0 spiro atoms. The number of ether oxygens (including phenoxy) is 1. The zero-order chi connectivity index (χ0) is 20.6. The van der Waals surface area contributed by atoms with Crippen molar-refractivity contribution >= 4 is 52.0 Å². The Labute approximate surface area is 181 Å². The van der Waals surface area contributed by atoms with Crippen molar-refractivity contribution in [1.82, 2.24) is 10.6 Å². The summed E-state index contributed by atoms with van der Waals surface area (Å²) in [5.41, 5.74) is 1.54. The van der Waals surface area contributed by atoms with Crippen molar-refractivity contribution in [2.75, 3.05) is 24.6 Å². The fourth-order valence-electron chi connectivity index (χ4n) is 3.30. The van der Waals surface area contributed by atoms with Gasteiger partial charge in [0.15, 0.2) is 0 Å². The Morgan fingerprint density at radius 1 is 1.31 bits per heavy atom. The number of urea groups is 1. The molecule has 0 aromatic heterocycles. The summed E-state index contributed by atoms with van der Waals surface area (Å²) in [6, 6.07) is 5.48. The second kappa shape index (κ2) is 10.6. The summed E-state index contributed by atoms with van der Waals surface area (Å²) in [5, 5.41) is 5.63. The Balaban J connectivity index is 1.61. The highest BCUT2D eigenvalue weighted by Gasteiger charge is 2.25. The molecule has 2 heterocycles. The number of hydrogen-bond donors (Lipinski definition) is 2. The molecule has 3 amide bonds. The number of carbonyl (C=O) groups is 2. The molecule has 8 heteroatoms. The molecule has 2 aliphatic rings. The van der Waals surface area contributed by atoms with Gasteiger partial charge in [-0.15, -0.1) is 0 Å². The number of rotatable bonds is 8. The van der Waals surface area contributed by atoms with Gasteiger partial charge in [-0.2, -0.15) is 0 Å². The van der Waals surface area contributed by atoms with Crippen molar-refractivity contribution in [3.8, 4) is 5.75 Å². The Bertz CT molecular complexity index is 810. The third-order valence-corrected chi connectivity index (χ3v) is 6.00. The maximum Gasteiger partial charge on any atom is 0.322 e. The van der Waals surface area contributed by atoms with Crippen LogP contribution in [0.5, 0.6) is 5.75 Å². The van der Waals surface area contributed by atoms with E-state index in [1.54, 1.807) is 11.0 Å². The zero-order valence-electron chi connectivity index (χ0n) is 16.7. The number of thioether (sulfide) groups is 1. The molecule has 0 radical (unpaired) electrons. The summed E-state index contributed by atoms with van der Waals surface area (Å²) in [6.07, 6.45) is 8.91. The molecule has 29 heavy (non-hydrogen) atoms. The van der Waals surface area contributed by atoms with Crippen LogP contribution in [0.2, 0.25) is 0 Å². The summed E-state index contributed by atoms with van der Waals surface area (Å²) >= 11 is 6.27. The smallest absolute Gasteiger partial charge is 0.322 e. The fourth-order valence-corrected chi connectivity index (χ4v) is 4.35. The van der Waals surface area contributed by atoms with Crippen molar-refractivity contribution in [3.63, 3.8) is 0 Å². The number of anilines is 1. The first-order chi connectivity index (χ1) is 14.1. The van der Waals surface area contributed by atoms with Gasteiger partial charge in [-0.25, -0.2) is 4.79 Å². The molecular weight excluding hydrogens is 406 g/mol. The van der Waals surface area contributed by atoms with Crippen LogP contribution < -0.4 is 20.3 Å². The average molecular weight is 434 g/mol. The number of benzene rings is 1. The van der Waals surface area contributed by atoms with Gasteiger partial charge in [0.25, 0.3) is 5.91 Å². The van der Waals surface area contributed by atoms with E-state index in [9.17, 15) is 9.59 Å². The van der Waals surface area contributed by atoms with Gasteiger partial charge in [0, 0.05) is 6.54 Å². The minimum atomic E-state index is -0.192. The summed E-state index contributed by atoms with van der Waals surface area (Å²) in [5.74, 6) is 0.481. The van der Waals surface area contributed by atoms with E-state index < -0.39 is 0 Å². The van der Waals surface area contributed by atoms with Crippen molar-refractivity contribution in [3.05, 3.63) is 28.7 Å². The molecule has 3 rings (SSSR count). The lowest BCUT2D eigenvalue weighted by Crippen LogP contribution is -2.44. The van der Waals surface area contributed by atoms with E-state index in [-0.39, 0.29) is 11.9 Å². The quantitative estimate of drug-likeness (QED) is 0.360. The van der Waals surface area contributed by atoms with Gasteiger partial charge in [0.1, 0.15) is 16.7 Å². The topological polar surface area (TPSA) is 70.7 Å². The molecule has 1 aromatic rings. The number of amides is 3. The van der Waals surface area contributed by atoms with Gasteiger partial charge in [0.2, 0.25) is 0 Å². The van der Waals surface area contributed by atoms with E-state index in [0.717, 1.165) is 24.1 Å². The van der Waals surface area contributed by atoms with E-state index in [2.05, 4.69) is 17.6 Å². The number of thiocarbonyl (C=S) groups is 1. The Morgan fingerprint density at radius 2 is 2.10 bits per heavy atom. The molecule has 0 bridgehead atoms. The predicted octanol–water partition coefficient (Wildman–Crippen LogP) is 4.44. The predicted molar refractivity (Wildman–Crippen MR) is 122 cm³/mol. The number of hydrogen-bond acceptors (Lipinski definition) is 5. The SMILES string of the molecule is CCCCCCCCNC(=O)N1CCOc2ccc(/C=C3/SC(=S)NC3=O)cc21. The molecule has 2 N–H and O–H groups in total. The van der Waals surface area contributed by atoms with Gasteiger partial charge in [-0.1, -0.05) is 69.1 Å².